The van der Waals surface area contributed by atoms with Crippen molar-refractivity contribution in [2.45, 2.75) is 16.2 Å². The van der Waals surface area contributed by atoms with Crippen molar-refractivity contribution in [2.75, 3.05) is 16.6 Å². The molecule has 2 aromatic carbocycles. The highest BCUT2D eigenvalue weighted by atomic mass is 35.5. The van der Waals surface area contributed by atoms with Crippen molar-refractivity contribution in [3.8, 4) is 0 Å². The zero-order valence-electron chi connectivity index (χ0n) is 11.5. The van der Waals surface area contributed by atoms with Gasteiger partial charge in [-0.25, -0.2) is 12.8 Å². The Morgan fingerprint density at radius 1 is 1.18 bits per heavy atom. The predicted molar refractivity (Wildman–Crippen MR) is 87.7 cm³/mol. The van der Waals surface area contributed by atoms with Gasteiger partial charge in [-0.2, -0.15) is 0 Å². The number of thioether (sulfide) groups is 1. The van der Waals surface area contributed by atoms with Gasteiger partial charge in [-0.3, -0.25) is 4.31 Å². The number of sulfonamides is 1. The minimum atomic E-state index is -3.77. The molecule has 3 nitrogen and oxygen atoms in total. The number of para-hydroxylation sites is 1. The molecule has 7 heteroatoms. The highest BCUT2D eigenvalue weighted by molar-refractivity contribution is 7.99. The Morgan fingerprint density at radius 2 is 1.95 bits per heavy atom. The molecule has 0 fully saturated rings. The van der Waals surface area contributed by atoms with E-state index in [1.807, 2.05) is 18.2 Å². The number of halogens is 2. The van der Waals surface area contributed by atoms with E-state index in [0.29, 0.717) is 12.2 Å². The standard InChI is InChI=1S/C15H13ClFNO2S2/c16-12-10-11(6-7-13(12)17)22(19,20)18-8-3-9-21-15-5-2-1-4-14(15)18/h1-2,4-7,10H,3,8-9H2. The molecule has 0 N–H and O–H groups in total. The van der Waals surface area contributed by atoms with Gasteiger partial charge in [0.15, 0.2) is 0 Å². The van der Waals surface area contributed by atoms with Gasteiger partial charge in [-0.05, 0) is 42.5 Å². The van der Waals surface area contributed by atoms with Crippen LogP contribution in [0.2, 0.25) is 5.02 Å². The van der Waals surface area contributed by atoms with Gasteiger partial charge in [-0.15, -0.1) is 11.8 Å². The molecule has 1 aliphatic heterocycles. The van der Waals surface area contributed by atoms with Crippen LogP contribution in [0.1, 0.15) is 6.42 Å². The Kier molecular flexibility index (Phi) is 4.34. The molecule has 0 bridgehead atoms. The van der Waals surface area contributed by atoms with E-state index < -0.39 is 15.8 Å². The fraction of sp³-hybridized carbons (Fsp3) is 0.200. The molecule has 3 rings (SSSR count). The summed E-state index contributed by atoms with van der Waals surface area (Å²) >= 11 is 7.37. The zero-order valence-corrected chi connectivity index (χ0v) is 13.9. The molecule has 0 amide bonds. The summed E-state index contributed by atoms with van der Waals surface area (Å²) in [7, 11) is -3.77. The van der Waals surface area contributed by atoms with E-state index in [-0.39, 0.29) is 9.92 Å². The molecule has 116 valence electrons. The van der Waals surface area contributed by atoms with Crippen LogP contribution in [0.3, 0.4) is 0 Å². The van der Waals surface area contributed by atoms with Gasteiger partial charge in [0.1, 0.15) is 5.82 Å². The lowest BCUT2D eigenvalue weighted by atomic mass is 10.3. The van der Waals surface area contributed by atoms with Crippen molar-refractivity contribution in [3.05, 3.63) is 53.3 Å². The van der Waals surface area contributed by atoms with Crippen LogP contribution < -0.4 is 4.31 Å². The Hall–Kier alpha value is -1.24. The highest BCUT2D eigenvalue weighted by Crippen LogP contribution is 2.36. The molecule has 2 aromatic rings. The van der Waals surface area contributed by atoms with Crippen molar-refractivity contribution >= 4 is 39.1 Å². The van der Waals surface area contributed by atoms with Gasteiger partial charge in [-0.1, -0.05) is 23.7 Å². The van der Waals surface area contributed by atoms with Crippen LogP contribution in [0.4, 0.5) is 10.1 Å². The summed E-state index contributed by atoms with van der Waals surface area (Å²) in [6.45, 7) is 0.390. The van der Waals surface area contributed by atoms with Crippen LogP contribution in [-0.4, -0.2) is 20.7 Å². The Balaban J connectivity index is 2.10. The van der Waals surface area contributed by atoms with Crippen molar-refractivity contribution in [1.29, 1.82) is 0 Å². The maximum absolute atomic E-state index is 13.3. The van der Waals surface area contributed by atoms with Gasteiger partial charge in [0.05, 0.1) is 15.6 Å². The van der Waals surface area contributed by atoms with Gasteiger partial charge in [0.25, 0.3) is 10.0 Å². The maximum atomic E-state index is 13.3. The first-order valence-electron chi connectivity index (χ1n) is 6.70. The lowest BCUT2D eigenvalue weighted by molar-refractivity contribution is 0.589. The molecule has 0 saturated heterocycles. The number of benzene rings is 2. The number of anilines is 1. The third-order valence-electron chi connectivity index (χ3n) is 3.38. The Morgan fingerprint density at radius 3 is 2.73 bits per heavy atom. The summed E-state index contributed by atoms with van der Waals surface area (Å²) in [5.41, 5.74) is 0.658. The average Bonchev–Trinajstić information content (AvgIpc) is 2.72. The molecule has 0 spiro atoms. The quantitative estimate of drug-likeness (QED) is 0.809. The molecule has 0 atom stereocenters. The molecule has 1 aliphatic rings. The van der Waals surface area contributed by atoms with E-state index >= 15 is 0 Å². The number of rotatable bonds is 2. The second-order valence-electron chi connectivity index (χ2n) is 4.82. The summed E-state index contributed by atoms with van der Waals surface area (Å²) < 4.78 is 40.5. The normalized spacial score (nSPS) is 15.3. The molecule has 22 heavy (non-hydrogen) atoms. The smallest absolute Gasteiger partial charge is 0.264 e. The lowest BCUT2D eigenvalue weighted by Gasteiger charge is -2.24. The molecule has 0 saturated carbocycles. The van der Waals surface area contributed by atoms with E-state index in [1.54, 1.807) is 17.8 Å². The largest absolute Gasteiger partial charge is 0.265 e. The molecular formula is C15H13ClFNO2S2. The maximum Gasteiger partial charge on any atom is 0.264 e. The fourth-order valence-electron chi connectivity index (χ4n) is 2.31. The van der Waals surface area contributed by atoms with Crippen LogP contribution in [0.5, 0.6) is 0 Å². The van der Waals surface area contributed by atoms with Crippen LogP contribution in [0.15, 0.2) is 52.3 Å². The number of fused-ring (bicyclic) bond motifs is 1. The fourth-order valence-corrected chi connectivity index (χ4v) is 5.16. The monoisotopic (exact) mass is 357 g/mol. The van der Waals surface area contributed by atoms with Gasteiger partial charge in [0.2, 0.25) is 0 Å². The SMILES string of the molecule is O=S(=O)(c1ccc(F)c(Cl)c1)N1CCCSc2ccccc21. The van der Waals surface area contributed by atoms with Crippen molar-refractivity contribution in [1.82, 2.24) is 0 Å². The second kappa shape index (κ2) is 6.10. The number of hydrogen-bond acceptors (Lipinski definition) is 3. The topological polar surface area (TPSA) is 37.4 Å². The highest BCUT2D eigenvalue weighted by Gasteiger charge is 2.28. The average molecular weight is 358 g/mol. The summed E-state index contributed by atoms with van der Waals surface area (Å²) in [4.78, 5) is 0.928. The molecule has 0 aromatic heterocycles. The molecule has 0 unspecified atom stereocenters. The van der Waals surface area contributed by atoms with Gasteiger partial charge < -0.3 is 0 Å². The first-order chi connectivity index (χ1) is 10.5. The zero-order chi connectivity index (χ0) is 15.7. The molecule has 0 aliphatic carbocycles. The van der Waals surface area contributed by atoms with Crippen LogP contribution in [0.25, 0.3) is 0 Å². The van der Waals surface area contributed by atoms with Crippen LogP contribution in [-0.2, 0) is 10.0 Å². The third kappa shape index (κ3) is 2.83. The van der Waals surface area contributed by atoms with Crippen LogP contribution in [0, 0.1) is 5.82 Å². The number of hydrogen-bond donors (Lipinski definition) is 0. The first kappa shape index (κ1) is 15.6. The molecule has 1 heterocycles. The van der Waals surface area contributed by atoms with E-state index in [2.05, 4.69) is 0 Å². The summed E-state index contributed by atoms with van der Waals surface area (Å²) in [6, 6.07) is 10.9. The minimum absolute atomic E-state index is 0.000558. The third-order valence-corrected chi connectivity index (χ3v) is 6.62. The number of nitrogens with zero attached hydrogens (tertiary/aromatic N) is 1. The van der Waals surface area contributed by atoms with Crippen molar-refractivity contribution in [3.63, 3.8) is 0 Å². The lowest BCUT2D eigenvalue weighted by Crippen LogP contribution is -2.32. The second-order valence-corrected chi connectivity index (χ2v) is 8.23. The van der Waals surface area contributed by atoms with E-state index in [4.69, 9.17) is 11.6 Å². The molecular weight excluding hydrogens is 345 g/mol. The van der Waals surface area contributed by atoms with Crippen LogP contribution >= 0.6 is 23.4 Å². The van der Waals surface area contributed by atoms with Crippen molar-refractivity contribution < 1.29 is 12.8 Å². The Labute approximate surface area is 138 Å². The summed E-state index contributed by atoms with van der Waals surface area (Å²) in [6.07, 6.45) is 0.744. The predicted octanol–water partition coefficient (Wildman–Crippen LogP) is 4.17. The first-order valence-corrected chi connectivity index (χ1v) is 9.50. The van der Waals surface area contributed by atoms with Crippen molar-refractivity contribution in [2.24, 2.45) is 0 Å². The van der Waals surface area contributed by atoms with E-state index in [0.717, 1.165) is 29.2 Å². The van der Waals surface area contributed by atoms with E-state index in [1.165, 1.54) is 10.4 Å². The van der Waals surface area contributed by atoms with Gasteiger partial charge in [0, 0.05) is 11.4 Å². The molecule has 0 radical (unpaired) electrons. The van der Waals surface area contributed by atoms with E-state index in [9.17, 15) is 12.8 Å². The minimum Gasteiger partial charge on any atom is -0.265 e. The summed E-state index contributed by atoms with van der Waals surface area (Å²) in [5.74, 6) is 0.222. The van der Waals surface area contributed by atoms with Gasteiger partial charge >= 0.3 is 0 Å². The Bertz CT molecular complexity index is 811. The summed E-state index contributed by atoms with van der Waals surface area (Å²) in [5, 5.41) is -0.196.